The van der Waals surface area contributed by atoms with Gasteiger partial charge in [-0.3, -0.25) is 9.59 Å². The predicted molar refractivity (Wildman–Crippen MR) is 106 cm³/mol. The van der Waals surface area contributed by atoms with E-state index in [0.717, 1.165) is 12.8 Å². The summed E-state index contributed by atoms with van der Waals surface area (Å²) in [5.74, 6) is 0.222. The highest BCUT2D eigenvalue weighted by Crippen LogP contribution is 2.24. The lowest BCUT2D eigenvalue weighted by Crippen LogP contribution is -2.46. The number of halogens is 1. The highest BCUT2D eigenvalue weighted by molar-refractivity contribution is 5.97. The normalized spacial score (nSPS) is 16.4. The molecule has 3 N–H and O–H groups in total. The van der Waals surface area contributed by atoms with E-state index in [0.29, 0.717) is 57.3 Å². The van der Waals surface area contributed by atoms with Gasteiger partial charge in [-0.05, 0) is 31.9 Å². The molecule has 7 nitrogen and oxygen atoms in total. The molecule has 0 saturated carbocycles. The second kappa shape index (κ2) is 12.5. The molecule has 2 amide bonds. The third-order valence-corrected chi connectivity index (χ3v) is 4.33. The predicted octanol–water partition coefficient (Wildman–Crippen LogP) is 1.45. The van der Waals surface area contributed by atoms with E-state index in [9.17, 15) is 9.59 Å². The zero-order valence-corrected chi connectivity index (χ0v) is 16.6. The standard InChI is InChI=1S/C19H29N3O4.ClH/c1-2-25-12-13-26-17-8-4-3-7-16(17)19(24)22-11-5-6-15(14-22)18(23)21-10-9-20;/h3-4,7-8,15H,2,5-6,9-14,20H2,1H3,(H,21,23);1H. The lowest BCUT2D eigenvalue weighted by molar-refractivity contribution is -0.126. The molecule has 0 bridgehead atoms. The van der Waals surface area contributed by atoms with Crippen LogP contribution in [-0.4, -0.2) is 62.7 Å². The average molecular weight is 400 g/mol. The Labute approximate surface area is 167 Å². The first-order valence-corrected chi connectivity index (χ1v) is 9.24. The van der Waals surface area contributed by atoms with E-state index in [1.165, 1.54) is 0 Å². The van der Waals surface area contributed by atoms with Crippen molar-refractivity contribution in [3.05, 3.63) is 29.8 Å². The van der Waals surface area contributed by atoms with Gasteiger partial charge < -0.3 is 25.4 Å². The molecule has 1 atom stereocenters. The Morgan fingerprint density at radius 2 is 2.07 bits per heavy atom. The molecule has 1 fully saturated rings. The summed E-state index contributed by atoms with van der Waals surface area (Å²) in [5, 5.41) is 2.81. The van der Waals surface area contributed by atoms with E-state index in [2.05, 4.69) is 5.32 Å². The summed E-state index contributed by atoms with van der Waals surface area (Å²) in [7, 11) is 0. The van der Waals surface area contributed by atoms with Gasteiger partial charge in [0.15, 0.2) is 0 Å². The number of ether oxygens (including phenoxy) is 2. The minimum absolute atomic E-state index is 0. The average Bonchev–Trinajstić information content (AvgIpc) is 2.69. The zero-order valence-electron chi connectivity index (χ0n) is 15.8. The molecule has 152 valence electrons. The van der Waals surface area contributed by atoms with Crippen LogP contribution in [-0.2, 0) is 9.53 Å². The molecule has 8 heteroatoms. The van der Waals surface area contributed by atoms with Gasteiger partial charge in [0, 0.05) is 32.8 Å². The molecule has 1 heterocycles. The van der Waals surface area contributed by atoms with Crippen LogP contribution in [0.4, 0.5) is 0 Å². The summed E-state index contributed by atoms with van der Waals surface area (Å²) in [6, 6.07) is 7.20. The number of hydrogen-bond donors (Lipinski definition) is 2. The Hall–Kier alpha value is -1.83. The Kier molecular flexibility index (Phi) is 10.8. The summed E-state index contributed by atoms with van der Waals surface area (Å²) >= 11 is 0. The molecule has 27 heavy (non-hydrogen) atoms. The number of rotatable bonds is 9. The number of hydrogen-bond acceptors (Lipinski definition) is 5. The fraction of sp³-hybridized carbons (Fsp3) is 0.579. The SMILES string of the molecule is CCOCCOc1ccccc1C(=O)N1CCCC(C(=O)NCCN)C1.Cl. The molecule has 0 radical (unpaired) electrons. The number of piperidine rings is 1. The molecular weight excluding hydrogens is 370 g/mol. The van der Waals surface area contributed by atoms with Crippen LogP contribution in [0.3, 0.4) is 0 Å². The molecule has 1 aliphatic heterocycles. The summed E-state index contributed by atoms with van der Waals surface area (Å²) in [4.78, 5) is 26.9. The van der Waals surface area contributed by atoms with Gasteiger partial charge in [-0.15, -0.1) is 12.4 Å². The Bertz CT molecular complexity index is 600. The highest BCUT2D eigenvalue weighted by atomic mass is 35.5. The van der Waals surface area contributed by atoms with Gasteiger partial charge in [-0.1, -0.05) is 12.1 Å². The maximum Gasteiger partial charge on any atom is 0.257 e. The fourth-order valence-corrected chi connectivity index (χ4v) is 3.01. The molecule has 0 aliphatic carbocycles. The summed E-state index contributed by atoms with van der Waals surface area (Å²) in [6.45, 7) is 5.36. The van der Waals surface area contributed by atoms with E-state index >= 15 is 0 Å². The number of nitrogens with one attached hydrogen (secondary N) is 1. The number of carbonyl (C=O) groups is 2. The van der Waals surface area contributed by atoms with E-state index in [4.69, 9.17) is 15.2 Å². The molecule has 1 saturated heterocycles. The number of amides is 2. The lowest BCUT2D eigenvalue weighted by Gasteiger charge is -2.32. The van der Waals surface area contributed by atoms with Crippen LogP contribution in [0.1, 0.15) is 30.1 Å². The van der Waals surface area contributed by atoms with Crippen molar-refractivity contribution in [3.8, 4) is 5.75 Å². The highest BCUT2D eigenvalue weighted by Gasteiger charge is 2.29. The summed E-state index contributed by atoms with van der Waals surface area (Å²) < 4.78 is 11.0. The van der Waals surface area contributed by atoms with Gasteiger partial charge in [0.2, 0.25) is 5.91 Å². The first-order valence-electron chi connectivity index (χ1n) is 9.24. The van der Waals surface area contributed by atoms with Crippen molar-refractivity contribution >= 4 is 24.2 Å². The van der Waals surface area contributed by atoms with Gasteiger partial charge in [-0.25, -0.2) is 0 Å². The third-order valence-electron chi connectivity index (χ3n) is 4.33. The number of benzene rings is 1. The minimum atomic E-state index is -0.190. The lowest BCUT2D eigenvalue weighted by atomic mass is 9.96. The summed E-state index contributed by atoms with van der Waals surface area (Å²) in [5.41, 5.74) is 5.95. The smallest absolute Gasteiger partial charge is 0.257 e. The molecule has 0 spiro atoms. The quantitative estimate of drug-likeness (QED) is 0.613. The number of nitrogens with two attached hydrogens (primary N) is 1. The van der Waals surface area contributed by atoms with Crippen molar-refractivity contribution in [1.82, 2.24) is 10.2 Å². The molecule has 0 aromatic heterocycles. The van der Waals surface area contributed by atoms with Crippen LogP contribution in [0.2, 0.25) is 0 Å². The van der Waals surface area contributed by atoms with Crippen molar-refractivity contribution < 1.29 is 19.1 Å². The number of carbonyl (C=O) groups excluding carboxylic acids is 2. The molecule has 2 rings (SSSR count). The second-order valence-electron chi connectivity index (χ2n) is 6.21. The summed E-state index contributed by atoms with van der Waals surface area (Å²) in [6.07, 6.45) is 1.59. The molecule has 1 aliphatic rings. The Morgan fingerprint density at radius 1 is 1.30 bits per heavy atom. The van der Waals surface area contributed by atoms with Crippen LogP contribution < -0.4 is 15.8 Å². The number of nitrogens with zero attached hydrogens (tertiary/aromatic N) is 1. The van der Waals surface area contributed by atoms with Crippen molar-refractivity contribution in [3.63, 3.8) is 0 Å². The minimum Gasteiger partial charge on any atom is -0.490 e. The van der Waals surface area contributed by atoms with Crippen LogP contribution in [0.5, 0.6) is 5.75 Å². The molecule has 1 unspecified atom stereocenters. The van der Waals surface area contributed by atoms with Gasteiger partial charge >= 0.3 is 0 Å². The van der Waals surface area contributed by atoms with Gasteiger partial charge in [-0.2, -0.15) is 0 Å². The maximum atomic E-state index is 13.0. The van der Waals surface area contributed by atoms with Gasteiger partial charge in [0.05, 0.1) is 18.1 Å². The van der Waals surface area contributed by atoms with Crippen LogP contribution in [0, 0.1) is 5.92 Å². The van der Waals surface area contributed by atoms with Crippen molar-refractivity contribution in [2.45, 2.75) is 19.8 Å². The van der Waals surface area contributed by atoms with E-state index < -0.39 is 0 Å². The zero-order chi connectivity index (χ0) is 18.8. The molecule has 1 aromatic rings. The number of para-hydroxylation sites is 1. The fourth-order valence-electron chi connectivity index (χ4n) is 3.01. The van der Waals surface area contributed by atoms with Crippen molar-refractivity contribution in [2.75, 3.05) is 46.0 Å². The van der Waals surface area contributed by atoms with E-state index in [1.54, 1.807) is 17.0 Å². The largest absolute Gasteiger partial charge is 0.490 e. The monoisotopic (exact) mass is 399 g/mol. The Morgan fingerprint density at radius 3 is 2.81 bits per heavy atom. The molecular formula is C19H30ClN3O4. The second-order valence-corrected chi connectivity index (χ2v) is 6.21. The van der Waals surface area contributed by atoms with Gasteiger partial charge in [0.1, 0.15) is 12.4 Å². The number of likely N-dealkylation sites (tertiary alicyclic amines) is 1. The first-order chi connectivity index (χ1) is 12.7. The van der Waals surface area contributed by atoms with Crippen molar-refractivity contribution in [2.24, 2.45) is 11.7 Å². The first kappa shape index (κ1) is 23.2. The van der Waals surface area contributed by atoms with E-state index in [-0.39, 0.29) is 30.1 Å². The van der Waals surface area contributed by atoms with Crippen LogP contribution in [0.15, 0.2) is 24.3 Å². The van der Waals surface area contributed by atoms with Gasteiger partial charge in [0.25, 0.3) is 5.91 Å². The Balaban J connectivity index is 0.00000364. The third kappa shape index (κ3) is 7.01. The van der Waals surface area contributed by atoms with Crippen LogP contribution in [0.25, 0.3) is 0 Å². The maximum absolute atomic E-state index is 13.0. The van der Waals surface area contributed by atoms with E-state index in [1.807, 2.05) is 19.1 Å². The van der Waals surface area contributed by atoms with Crippen molar-refractivity contribution in [1.29, 1.82) is 0 Å². The molecule has 1 aromatic carbocycles. The topological polar surface area (TPSA) is 93.9 Å². The van der Waals surface area contributed by atoms with Crippen LogP contribution >= 0.6 is 12.4 Å².